The zero-order valence-electron chi connectivity index (χ0n) is 59.3. The number of carbonyl (C=O) groups is 12. The minimum Gasteiger partial charge on any atom is -0.449 e. The number of ketones is 2. The topological polar surface area (TPSA) is 419 Å². The fraction of sp³-hybridized carbons (Fsp3) is 0.143. The van der Waals surface area contributed by atoms with Crippen LogP contribution in [-0.4, -0.2) is 77.4 Å². The Bertz CT molecular complexity index is 6950. The molecule has 5 aliphatic heterocycles. The lowest BCUT2D eigenvalue weighted by Crippen LogP contribution is -2.41. The second-order valence-corrected chi connectivity index (χ2v) is 29.3. The first-order valence-electron chi connectivity index (χ1n) is 34.4. The van der Waals surface area contributed by atoms with Crippen LogP contribution in [0, 0.1) is 0 Å². The van der Waals surface area contributed by atoms with Crippen molar-refractivity contribution in [2.45, 2.75) is 75.3 Å². The number of rotatable bonds is 6. The van der Waals surface area contributed by atoms with E-state index in [9.17, 15) is 99.5 Å². The fourth-order valence-electron chi connectivity index (χ4n) is 16.1. The lowest BCUT2D eigenvalue weighted by Gasteiger charge is -2.33. The van der Waals surface area contributed by atoms with Crippen LogP contribution in [0.1, 0.15) is 216 Å². The standard InChI is InChI=1S/C38H26O9.C19H9F3O6.C17H6O7.C10H2O6/c1-36(2)15-38(25-10-18(6-8-23(25)36)31(39)17-5-7-19-20(9-17)33(41)46-32(19)40)16-37(3,4)24-13-29-30(14-26(24)38)45-28-12-22-21(11-27(28)44-29)34(42)47-35(22)43;1-18(19(20,21)22,8-2-4-10-12(6-8)16(25)27-14(10)23)9-3-5-11-13(7-9)17(26)28-15(11)24;18-13(7-1-3-9-11(5-7)16(21)23-14(9)19)8-2-4-10-12(6-8)17(22)24-15(10)20;11-7-3-1-4-6(10(14)16-8(4)12)2-5(3)9(13)15-7/h5-14H,15-16H2,1-4H3;2-7H,1H3;1-6H;1-2H. The van der Waals surface area contributed by atoms with Crippen molar-refractivity contribution in [1.29, 1.82) is 0 Å². The van der Waals surface area contributed by atoms with Gasteiger partial charge >= 0.3 is 99.6 Å². The lowest BCUT2D eigenvalue weighted by molar-refractivity contribution is -0.173. The van der Waals surface area contributed by atoms with E-state index in [4.69, 9.17) is 18.0 Å². The molecule has 0 saturated carbocycles. The molecule has 0 fully saturated rings. The smallest absolute Gasteiger partial charge is 0.402 e. The van der Waals surface area contributed by atoms with Gasteiger partial charge in [0.25, 0.3) is 0 Å². The quantitative estimate of drug-likeness (QED) is 0.0490. The number of benzene rings is 9. The number of halogens is 3. The number of carbonyl (C=O) groups excluding carboxylic acids is 12. The zero-order valence-corrected chi connectivity index (χ0v) is 59.3. The molecule has 28 nitrogen and oxygen atoms in total. The molecular formula is C84H43F3O28. The second-order valence-electron chi connectivity index (χ2n) is 29.3. The van der Waals surface area contributed by atoms with Crippen LogP contribution in [0.3, 0.4) is 0 Å². The number of furan rings is 3. The Balaban J connectivity index is 0.000000120. The minimum absolute atomic E-state index is 0.0154. The summed E-state index contributed by atoms with van der Waals surface area (Å²) < 4.78 is 91.0. The number of esters is 10. The SMILES string of the molecule is CC(c1ccc2c(c1)C(=O)OC2=O)(c1ccc2c(c1)C(=O)OC2=O)C(F)(F)F.CC1(C)CC2(CC(C)(C)c3cc4oc5cc6c(=O)oc(=O)c6cc5oc4cc32)c2cc(C(=O)c3ccc4c(c3)C(=O)OC4=O)ccc21.O=C(c1ccc2c(c1)C(=O)OC2=O)c1ccc2c(c1)C(=O)OC2=O.O=c1oc(=O)c2cc3c(=O)oc(=O)c3cc12. The first kappa shape index (κ1) is 72.7. The molecule has 1 unspecified atom stereocenters. The van der Waals surface area contributed by atoms with Gasteiger partial charge in [-0.25, -0.2) is 76.7 Å². The van der Waals surface area contributed by atoms with Crippen LogP contribution in [-0.2, 0) is 45.3 Å². The third-order valence-corrected chi connectivity index (χ3v) is 21.6. The maximum Gasteiger partial charge on any atom is 0.402 e. The second kappa shape index (κ2) is 24.9. The van der Waals surface area contributed by atoms with E-state index in [1.54, 1.807) is 6.07 Å². The third kappa shape index (κ3) is 11.2. The number of hydrogen-bond acceptors (Lipinski definition) is 28. The zero-order chi connectivity index (χ0) is 81.7. The van der Waals surface area contributed by atoms with Gasteiger partial charge in [-0.3, -0.25) is 9.59 Å². The predicted molar refractivity (Wildman–Crippen MR) is 385 cm³/mol. The highest BCUT2D eigenvalue weighted by Gasteiger charge is 2.58. The predicted octanol–water partition coefficient (Wildman–Crippen LogP) is 11.0. The molecule has 0 bridgehead atoms. The van der Waals surface area contributed by atoms with Crippen molar-refractivity contribution in [3.05, 3.63) is 319 Å². The van der Waals surface area contributed by atoms with Crippen LogP contribution in [0.5, 0.6) is 0 Å². The van der Waals surface area contributed by atoms with Gasteiger partial charge in [-0.2, -0.15) is 13.2 Å². The van der Waals surface area contributed by atoms with Crippen molar-refractivity contribution in [2.24, 2.45) is 0 Å². The van der Waals surface area contributed by atoms with Crippen molar-refractivity contribution in [2.75, 3.05) is 0 Å². The van der Waals surface area contributed by atoms with E-state index in [1.807, 2.05) is 30.3 Å². The summed E-state index contributed by atoms with van der Waals surface area (Å²) >= 11 is 0. The van der Waals surface area contributed by atoms with Crippen LogP contribution in [0.2, 0.25) is 0 Å². The van der Waals surface area contributed by atoms with Crippen molar-refractivity contribution >= 4 is 126 Å². The van der Waals surface area contributed by atoms with E-state index >= 15 is 0 Å². The lowest BCUT2D eigenvalue weighted by atomic mass is 9.72. The van der Waals surface area contributed by atoms with Gasteiger partial charge < -0.3 is 45.8 Å². The molecule has 1 atom stereocenters. The molecule has 31 heteroatoms. The van der Waals surface area contributed by atoms with Crippen molar-refractivity contribution in [3.63, 3.8) is 0 Å². The highest BCUT2D eigenvalue weighted by molar-refractivity contribution is 6.21. The molecule has 9 heterocycles. The summed E-state index contributed by atoms with van der Waals surface area (Å²) in [6.45, 7) is 9.70. The van der Waals surface area contributed by atoms with E-state index in [-0.39, 0.29) is 127 Å². The highest BCUT2D eigenvalue weighted by Crippen LogP contribution is 2.63. The Morgan fingerprint density at radius 1 is 0.287 bits per heavy atom. The molecule has 13 aromatic rings. The Morgan fingerprint density at radius 3 is 0.887 bits per heavy atom. The van der Waals surface area contributed by atoms with E-state index in [0.29, 0.717) is 33.5 Å². The molecule has 1 spiro atoms. The molecule has 7 aliphatic rings. The number of ether oxygens (including phenoxy) is 5. The summed E-state index contributed by atoms with van der Waals surface area (Å²) in [5.41, 5.74) is -2.17. The summed E-state index contributed by atoms with van der Waals surface area (Å²) in [6.07, 6.45) is -3.26. The molecule has 4 aromatic heterocycles. The maximum atomic E-state index is 14.2. The van der Waals surface area contributed by atoms with Gasteiger partial charge in [0.15, 0.2) is 33.9 Å². The van der Waals surface area contributed by atoms with Gasteiger partial charge in [0, 0.05) is 39.8 Å². The van der Waals surface area contributed by atoms with E-state index in [2.05, 4.69) is 55.5 Å². The Labute approximate surface area is 634 Å². The van der Waals surface area contributed by atoms with Crippen LogP contribution < -0.4 is 33.8 Å². The number of hydrogen-bond donors (Lipinski definition) is 0. The molecule has 20 rings (SSSR count). The Hall–Kier alpha value is -15.2. The van der Waals surface area contributed by atoms with Crippen LogP contribution in [0.15, 0.2) is 196 Å². The molecule has 568 valence electrons. The molecule has 9 aromatic carbocycles. The van der Waals surface area contributed by atoms with E-state index < -0.39 is 116 Å². The minimum atomic E-state index is -4.84. The molecule has 2 aliphatic carbocycles. The Kier molecular flexibility index (Phi) is 15.7. The van der Waals surface area contributed by atoms with Gasteiger partial charge in [0.05, 0.1) is 88.0 Å². The monoisotopic (exact) mass is 1560 g/mol. The van der Waals surface area contributed by atoms with Crippen molar-refractivity contribution < 1.29 is 116 Å². The molecule has 0 radical (unpaired) electrons. The summed E-state index contributed by atoms with van der Waals surface area (Å²) in [5.74, 6) is -9.27. The van der Waals surface area contributed by atoms with Crippen LogP contribution in [0.4, 0.5) is 13.2 Å². The molecule has 0 saturated heterocycles. The van der Waals surface area contributed by atoms with Gasteiger partial charge in [-0.15, -0.1) is 0 Å². The fourth-order valence-corrected chi connectivity index (χ4v) is 16.1. The number of alkyl halides is 3. The number of fused-ring (bicyclic) bond motifs is 14. The van der Waals surface area contributed by atoms with Gasteiger partial charge in [0.2, 0.25) is 0 Å². The summed E-state index contributed by atoms with van der Waals surface area (Å²) in [7, 11) is 0. The average molecular weight is 1560 g/mol. The largest absolute Gasteiger partial charge is 0.449 e. The van der Waals surface area contributed by atoms with Crippen molar-refractivity contribution in [1.82, 2.24) is 0 Å². The van der Waals surface area contributed by atoms with Crippen LogP contribution >= 0.6 is 0 Å². The first-order valence-corrected chi connectivity index (χ1v) is 34.4. The van der Waals surface area contributed by atoms with Gasteiger partial charge in [-0.05, 0) is 155 Å². The molecule has 0 amide bonds. The van der Waals surface area contributed by atoms with Gasteiger partial charge in [-0.1, -0.05) is 70.2 Å². The van der Waals surface area contributed by atoms with Crippen molar-refractivity contribution in [3.8, 4) is 0 Å². The highest BCUT2D eigenvalue weighted by atomic mass is 19.4. The average Bonchev–Trinajstić information content (AvgIpc) is 1.53. The first-order chi connectivity index (χ1) is 54.3. The number of cyclic esters (lactones) is 10. The van der Waals surface area contributed by atoms with Gasteiger partial charge in [0.1, 0.15) is 5.41 Å². The third-order valence-electron chi connectivity index (χ3n) is 21.6. The molecule has 115 heavy (non-hydrogen) atoms. The molecule has 0 N–H and O–H groups in total. The summed E-state index contributed by atoms with van der Waals surface area (Å²) in [5, 5.41) is 0.205. The van der Waals surface area contributed by atoms with E-state index in [1.165, 1.54) is 60.7 Å². The summed E-state index contributed by atoms with van der Waals surface area (Å²) in [6, 6.07) is 33.7. The van der Waals surface area contributed by atoms with Crippen LogP contribution in [0.25, 0.3) is 54.6 Å². The Morgan fingerprint density at radius 2 is 0.548 bits per heavy atom. The maximum absolute atomic E-state index is 14.2. The van der Waals surface area contributed by atoms with E-state index in [0.717, 1.165) is 90.6 Å². The molecular weight excluding hydrogens is 1510 g/mol. The normalized spacial score (nSPS) is 16.9. The summed E-state index contributed by atoms with van der Waals surface area (Å²) in [4.78, 5) is 212.